The Morgan fingerprint density at radius 2 is 0.689 bits per heavy atom. The van der Waals surface area contributed by atoms with Crippen molar-refractivity contribution in [2.75, 3.05) is 13.2 Å². The molecule has 6 nitrogen and oxygen atoms in total. The van der Waals surface area contributed by atoms with Crippen LogP contribution in [0.1, 0.15) is 226 Å². The van der Waals surface area contributed by atoms with Crippen LogP contribution < -0.4 is 0 Å². The summed E-state index contributed by atoms with van der Waals surface area (Å²) in [6, 6.07) is 0. The van der Waals surface area contributed by atoms with E-state index in [0.29, 0.717) is 19.3 Å². The van der Waals surface area contributed by atoms with Gasteiger partial charge in [-0.1, -0.05) is 196 Å². The number of allylic oxidation sites excluding steroid dienone is 14. The minimum absolute atomic E-state index is 0.110. The Morgan fingerprint density at radius 1 is 0.344 bits per heavy atom. The third-order valence-electron chi connectivity index (χ3n) is 10.4. The van der Waals surface area contributed by atoms with E-state index in [9.17, 15) is 14.4 Å². The van der Waals surface area contributed by atoms with Gasteiger partial charge in [-0.25, -0.2) is 0 Å². The Bertz CT molecular complexity index is 1200. The third-order valence-corrected chi connectivity index (χ3v) is 10.4. The number of carbonyl (C=O) groups is 3. The van der Waals surface area contributed by atoms with Crippen molar-refractivity contribution in [3.8, 4) is 0 Å². The Hall–Kier alpha value is -3.41. The molecule has 61 heavy (non-hydrogen) atoms. The van der Waals surface area contributed by atoms with Crippen LogP contribution in [0, 0.1) is 0 Å². The molecule has 0 bridgehead atoms. The quantitative estimate of drug-likeness (QED) is 0.0263. The van der Waals surface area contributed by atoms with Gasteiger partial charge in [-0.05, 0) is 96.3 Å². The molecule has 0 saturated heterocycles. The van der Waals surface area contributed by atoms with Crippen molar-refractivity contribution in [1.29, 1.82) is 0 Å². The molecule has 0 heterocycles. The van der Waals surface area contributed by atoms with Gasteiger partial charge in [-0.3, -0.25) is 14.4 Å². The first-order valence-electron chi connectivity index (χ1n) is 25.1. The SMILES string of the molecule is CC/C=C\C/C=C\C/C=C\C/C=C\CCC(=O)OC(COC(=O)CCCCCCC/C=C\CCCC)COC(=O)CCCCCCCCCCC/C=C\C/C=C\CCCCC. The number of esters is 3. The molecule has 0 aliphatic carbocycles. The highest BCUT2D eigenvalue weighted by molar-refractivity contribution is 5.71. The second kappa shape index (κ2) is 49.2. The zero-order valence-electron chi connectivity index (χ0n) is 39.7. The van der Waals surface area contributed by atoms with Crippen LogP contribution in [0.25, 0.3) is 0 Å². The van der Waals surface area contributed by atoms with Gasteiger partial charge in [0.05, 0.1) is 0 Å². The fourth-order valence-electron chi connectivity index (χ4n) is 6.58. The highest BCUT2D eigenvalue weighted by Gasteiger charge is 2.19. The third kappa shape index (κ3) is 47.5. The smallest absolute Gasteiger partial charge is 0.306 e. The Morgan fingerprint density at radius 3 is 1.13 bits per heavy atom. The monoisotopic (exact) mass is 849 g/mol. The van der Waals surface area contributed by atoms with Crippen molar-refractivity contribution in [2.24, 2.45) is 0 Å². The van der Waals surface area contributed by atoms with Crippen molar-refractivity contribution in [1.82, 2.24) is 0 Å². The maximum Gasteiger partial charge on any atom is 0.306 e. The van der Waals surface area contributed by atoms with Crippen molar-refractivity contribution in [2.45, 2.75) is 232 Å². The lowest BCUT2D eigenvalue weighted by Crippen LogP contribution is -2.30. The minimum atomic E-state index is -0.818. The normalized spacial score (nSPS) is 12.8. The molecule has 0 aromatic rings. The summed E-state index contributed by atoms with van der Waals surface area (Å²) in [6.07, 6.45) is 63.0. The summed E-state index contributed by atoms with van der Waals surface area (Å²) in [5, 5.41) is 0. The van der Waals surface area contributed by atoms with Crippen LogP contribution in [0.2, 0.25) is 0 Å². The summed E-state index contributed by atoms with van der Waals surface area (Å²) in [7, 11) is 0. The second-order valence-corrected chi connectivity index (χ2v) is 16.3. The molecule has 0 radical (unpaired) electrons. The first-order chi connectivity index (χ1) is 30.0. The molecule has 0 spiro atoms. The van der Waals surface area contributed by atoms with Gasteiger partial charge in [0.15, 0.2) is 6.10 Å². The van der Waals surface area contributed by atoms with Crippen LogP contribution in [-0.2, 0) is 28.6 Å². The number of carbonyl (C=O) groups excluding carboxylic acids is 3. The van der Waals surface area contributed by atoms with E-state index in [2.05, 4.69) is 93.7 Å². The van der Waals surface area contributed by atoms with Gasteiger partial charge in [0, 0.05) is 19.3 Å². The molecular weight excluding hydrogens is 757 g/mol. The lowest BCUT2D eigenvalue weighted by Gasteiger charge is -2.18. The molecule has 0 aliphatic rings. The molecular formula is C55H92O6. The minimum Gasteiger partial charge on any atom is -0.462 e. The summed E-state index contributed by atoms with van der Waals surface area (Å²) >= 11 is 0. The summed E-state index contributed by atoms with van der Waals surface area (Å²) in [6.45, 7) is 6.37. The van der Waals surface area contributed by atoms with Crippen molar-refractivity contribution in [3.05, 3.63) is 85.1 Å². The van der Waals surface area contributed by atoms with Gasteiger partial charge in [-0.15, -0.1) is 0 Å². The van der Waals surface area contributed by atoms with E-state index < -0.39 is 12.1 Å². The summed E-state index contributed by atoms with van der Waals surface area (Å²) < 4.78 is 16.7. The maximum absolute atomic E-state index is 12.7. The molecule has 0 amide bonds. The molecule has 0 aliphatic heterocycles. The second-order valence-electron chi connectivity index (χ2n) is 16.3. The van der Waals surface area contributed by atoms with Gasteiger partial charge in [0.25, 0.3) is 0 Å². The zero-order chi connectivity index (χ0) is 44.4. The van der Waals surface area contributed by atoms with E-state index in [4.69, 9.17) is 14.2 Å². The first-order valence-corrected chi connectivity index (χ1v) is 25.1. The molecule has 0 saturated carbocycles. The van der Waals surface area contributed by atoms with E-state index in [1.807, 2.05) is 12.2 Å². The number of hydrogen-bond acceptors (Lipinski definition) is 6. The molecule has 0 N–H and O–H groups in total. The average Bonchev–Trinajstić information content (AvgIpc) is 3.26. The van der Waals surface area contributed by atoms with Crippen molar-refractivity contribution >= 4 is 17.9 Å². The molecule has 0 fully saturated rings. The molecule has 0 rings (SSSR count). The average molecular weight is 849 g/mol. The number of hydrogen-bond donors (Lipinski definition) is 0. The molecule has 0 aromatic carbocycles. The van der Waals surface area contributed by atoms with Crippen molar-refractivity contribution in [3.63, 3.8) is 0 Å². The fourth-order valence-corrected chi connectivity index (χ4v) is 6.58. The van der Waals surface area contributed by atoms with E-state index in [1.54, 1.807) is 0 Å². The zero-order valence-corrected chi connectivity index (χ0v) is 39.7. The molecule has 6 heteroatoms. The van der Waals surface area contributed by atoms with E-state index >= 15 is 0 Å². The van der Waals surface area contributed by atoms with Gasteiger partial charge in [0.1, 0.15) is 13.2 Å². The van der Waals surface area contributed by atoms with Crippen LogP contribution in [0.15, 0.2) is 85.1 Å². The molecule has 1 atom stereocenters. The van der Waals surface area contributed by atoms with Crippen LogP contribution >= 0.6 is 0 Å². The maximum atomic E-state index is 12.7. The Labute approximate surface area is 375 Å². The lowest BCUT2D eigenvalue weighted by molar-refractivity contribution is -0.166. The summed E-state index contributed by atoms with van der Waals surface area (Å²) in [5.74, 6) is -1.01. The van der Waals surface area contributed by atoms with Crippen LogP contribution in [0.5, 0.6) is 0 Å². The van der Waals surface area contributed by atoms with Gasteiger partial charge < -0.3 is 14.2 Å². The molecule has 0 aromatic heterocycles. The summed E-state index contributed by atoms with van der Waals surface area (Å²) in [5.41, 5.74) is 0. The molecule has 1 unspecified atom stereocenters. The van der Waals surface area contributed by atoms with Gasteiger partial charge in [0.2, 0.25) is 0 Å². The van der Waals surface area contributed by atoms with Crippen LogP contribution in [-0.4, -0.2) is 37.2 Å². The van der Waals surface area contributed by atoms with Crippen LogP contribution in [0.3, 0.4) is 0 Å². The highest BCUT2D eigenvalue weighted by Crippen LogP contribution is 2.13. The van der Waals surface area contributed by atoms with Gasteiger partial charge in [-0.2, -0.15) is 0 Å². The van der Waals surface area contributed by atoms with Gasteiger partial charge >= 0.3 is 17.9 Å². The fraction of sp³-hybridized carbons (Fsp3) is 0.691. The van der Waals surface area contributed by atoms with E-state index in [0.717, 1.165) is 83.5 Å². The predicted octanol–water partition coefficient (Wildman–Crippen LogP) is 16.4. The lowest BCUT2D eigenvalue weighted by atomic mass is 10.1. The topological polar surface area (TPSA) is 78.9 Å². The largest absolute Gasteiger partial charge is 0.462 e. The van der Waals surface area contributed by atoms with E-state index in [-0.39, 0.29) is 31.6 Å². The summed E-state index contributed by atoms with van der Waals surface area (Å²) in [4.78, 5) is 37.8. The predicted molar refractivity (Wildman–Crippen MR) is 261 cm³/mol. The number of ether oxygens (including phenoxy) is 3. The Balaban J connectivity index is 4.42. The Kier molecular flexibility index (Phi) is 46.5. The standard InChI is InChI=1S/C55H92O6/c1-4-7-10-13-16-19-22-24-25-26-27-28-29-31-33-36-39-42-45-48-54(57)60-51-52(50-59-53(56)47-44-41-38-35-32-21-18-15-12-9-6-3)61-55(58)49-46-43-40-37-34-30-23-20-17-14-11-8-5-2/h8,11,15-20,24-25,30,34,40,43,52H,4-7,9-10,12-14,21-23,26-29,31-33,35-39,41-42,44-51H2,1-3H3/b11-8-,18-15-,19-16-,20-17-,25-24-,34-30-,43-40-. The highest BCUT2D eigenvalue weighted by atomic mass is 16.6. The number of unbranched alkanes of at least 4 members (excludes halogenated alkanes) is 19. The van der Waals surface area contributed by atoms with E-state index in [1.165, 1.54) is 96.3 Å². The molecule has 348 valence electrons. The first kappa shape index (κ1) is 57.6. The van der Waals surface area contributed by atoms with Crippen molar-refractivity contribution < 1.29 is 28.6 Å². The van der Waals surface area contributed by atoms with Crippen LogP contribution in [0.4, 0.5) is 0 Å². The number of rotatable bonds is 44.